The third kappa shape index (κ3) is 3.53. The Balaban J connectivity index is 1.42. The summed E-state index contributed by atoms with van der Waals surface area (Å²) in [5.74, 6) is 0.313. The van der Waals surface area contributed by atoms with Crippen molar-refractivity contribution in [2.75, 3.05) is 32.7 Å². The fraction of sp³-hybridized carbons (Fsp3) is 0.857. The molecule has 1 spiro atoms. The van der Waals surface area contributed by atoms with Crippen molar-refractivity contribution in [3.8, 4) is 0 Å². The summed E-state index contributed by atoms with van der Waals surface area (Å²) in [4.78, 5) is 44.7. The van der Waals surface area contributed by atoms with Crippen LogP contribution in [0.4, 0.5) is 4.79 Å². The van der Waals surface area contributed by atoms with E-state index in [1.165, 1.54) is 11.3 Å². The molecule has 4 fully saturated rings. The normalized spacial score (nSPS) is 29.4. The number of imide groups is 1. The zero-order valence-electron chi connectivity index (χ0n) is 17.1. The van der Waals surface area contributed by atoms with Gasteiger partial charge in [0.25, 0.3) is 5.91 Å². The van der Waals surface area contributed by atoms with Crippen LogP contribution >= 0.6 is 0 Å². The Kier molecular flexibility index (Phi) is 5.63. The Hall–Kier alpha value is -1.63. The van der Waals surface area contributed by atoms with Crippen molar-refractivity contribution in [1.29, 1.82) is 0 Å². The molecule has 3 heterocycles. The monoisotopic (exact) mass is 390 g/mol. The van der Waals surface area contributed by atoms with E-state index in [9.17, 15) is 14.4 Å². The molecule has 1 N–H and O–H groups in total. The van der Waals surface area contributed by atoms with Crippen LogP contribution in [0.3, 0.4) is 0 Å². The van der Waals surface area contributed by atoms with Gasteiger partial charge in [0.15, 0.2) is 0 Å². The highest BCUT2D eigenvalue weighted by molar-refractivity contribution is 6.07. The van der Waals surface area contributed by atoms with Gasteiger partial charge in [-0.05, 0) is 45.1 Å². The van der Waals surface area contributed by atoms with Crippen molar-refractivity contribution in [3.05, 3.63) is 0 Å². The van der Waals surface area contributed by atoms with Crippen molar-refractivity contribution in [2.45, 2.75) is 76.3 Å². The maximum Gasteiger partial charge on any atom is 0.325 e. The number of carbonyl (C=O) groups is 3. The van der Waals surface area contributed by atoms with Gasteiger partial charge in [-0.3, -0.25) is 14.5 Å². The average Bonchev–Trinajstić information content (AvgIpc) is 2.98. The lowest BCUT2D eigenvalue weighted by Crippen LogP contribution is -2.56. The van der Waals surface area contributed by atoms with E-state index in [1.807, 2.05) is 4.90 Å². The van der Waals surface area contributed by atoms with E-state index in [4.69, 9.17) is 0 Å². The predicted molar refractivity (Wildman–Crippen MR) is 106 cm³/mol. The van der Waals surface area contributed by atoms with Crippen LogP contribution in [0.2, 0.25) is 0 Å². The highest BCUT2D eigenvalue weighted by Crippen LogP contribution is 2.33. The van der Waals surface area contributed by atoms with Gasteiger partial charge in [-0.1, -0.05) is 26.2 Å². The zero-order valence-corrected chi connectivity index (χ0v) is 17.1. The molecule has 7 nitrogen and oxygen atoms in total. The minimum absolute atomic E-state index is 0.0646. The van der Waals surface area contributed by atoms with E-state index in [-0.39, 0.29) is 29.8 Å². The van der Waals surface area contributed by atoms with E-state index < -0.39 is 5.54 Å². The smallest absolute Gasteiger partial charge is 0.325 e. The summed E-state index contributed by atoms with van der Waals surface area (Å²) < 4.78 is 0. The molecule has 3 aliphatic heterocycles. The van der Waals surface area contributed by atoms with Crippen molar-refractivity contribution in [2.24, 2.45) is 5.92 Å². The first-order chi connectivity index (χ1) is 13.5. The first kappa shape index (κ1) is 19.7. The van der Waals surface area contributed by atoms with Crippen molar-refractivity contribution >= 4 is 17.8 Å². The summed E-state index contributed by atoms with van der Waals surface area (Å²) in [5, 5.41) is 3.03. The van der Waals surface area contributed by atoms with Gasteiger partial charge in [0.1, 0.15) is 5.54 Å². The summed E-state index contributed by atoms with van der Waals surface area (Å²) in [7, 11) is 0. The van der Waals surface area contributed by atoms with Gasteiger partial charge in [-0.2, -0.15) is 0 Å². The number of rotatable bonds is 3. The van der Waals surface area contributed by atoms with Crippen LogP contribution in [0, 0.1) is 5.92 Å². The lowest BCUT2D eigenvalue weighted by atomic mass is 9.86. The molecule has 4 amide bonds. The first-order valence-electron chi connectivity index (χ1n) is 11.2. The van der Waals surface area contributed by atoms with E-state index >= 15 is 0 Å². The second kappa shape index (κ2) is 8.01. The van der Waals surface area contributed by atoms with Gasteiger partial charge in [0.05, 0.1) is 6.04 Å². The predicted octanol–water partition coefficient (Wildman–Crippen LogP) is 1.96. The van der Waals surface area contributed by atoms with Crippen LogP contribution in [0.25, 0.3) is 0 Å². The number of piperidine rings is 2. The molecule has 4 aliphatic rings. The molecule has 1 aliphatic carbocycles. The number of nitrogens with one attached hydrogen (secondary N) is 1. The number of carbonyl (C=O) groups excluding carboxylic acids is 3. The molecule has 3 saturated heterocycles. The molecule has 0 aromatic carbocycles. The van der Waals surface area contributed by atoms with Crippen molar-refractivity contribution in [1.82, 2.24) is 20.0 Å². The quantitative estimate of drug-likeness (QED) is 0.748. The van der Waals surface area contributed by atoms with Gasteiger partial charge in [0, 0.05) is 32.1 Å². The Morgan fingerprint density at radius 3 is 2.43 bits per heavy atom. The largest absolute Gasteiger partial charge is 0.340 e. The molecular weight excluding hydrogens is 356 g/mol. The molecule has 0 unspecified atom stereocenters. The number of hydrogen-bond donors (Lipinski definition) is 1. The zero-order chi connectivity index (χ0) is 19.7. The molecule has 1 atom stereocenters. The van der Waals surface area contributed by atoms with Crippen LogP contribution < -0.4 is 5.32 Å². The van der Waals surface area contributed by atoms with Crippen molar-refractivity contribution in [3.63, 3.8) is 0 Å². The third-order valence-electron chi connectivity index (χ3n) is 7.38. The Morgan fingerprint density at radius 2 is 1.75 bits per heavy atom. The highest BCUT2D eigenvalue weighted by atomic mass is 16.2. The van der Waals surface area contributed by atoms with E-state index in [0.29, 0.717) is 19.4 Å². The van der Waals surface area contributed by atoms with Gasteiger partial charge in [0.2, 0.25) is 5.91 Å². The van der Waals surface area contributed by atoms with Gasteiger partial charge in [-0.25, -0.2) is 4.79 Å². The van der Waals surface area contributed by atoms with E-state index in [2.05, 4.69) is 17.1 Å². The summed E-state index contributed by atoms with van der Waals surface area (Å²) in [6.45, 7) is 6.04. The molecule has 1 saturated carbocycles. The minimum atomic E-state index is -0.724. The van der Waals surface area contributed by atoms with E-state index in [1.54, 1.807) is 0 Å². The second-order valence-corrected chi connectivity index (χ2v) is 9.04. The molecule has 28 heavy (non-hydrogen) atoms. The number of likely N-dealkylation sites (tertiary alicyclic amines) is 2. The second-order valence-electron chi connectivity index (χ2n) is 9.04. The van der Waals surface area contributed by atoms with Crippen LogP contribution in [0.5, 0.6) is 0 Å². The van der Waals surface area contributed by atoms with Crippen molar-refractivity contribution < 1.29 is 14.4 Å². The Bertz CT molecular complexity index is 623. The highest BCUT2D eigenvalue weighted by Gasteiger charge is 2.54. The number of urea groups is 1. The number of nitrogens with zero attached hydrogens (tertiary/aromatic N) is 3. The molecule has 156 valence electrons. The molecule has 4 rings (SSSR count). The van der Waals surface area contributed by atoms with Crippen LogP contribution in [0.15, 0.2) is 0 Å². The standard InChI is InChI=1S/C21H34N4O3/c1-2-23-13-10-21(11-14-23)19(27)25(20(28)22-21)17-9-6-12-24(15-17)18(26)16-7-4-3-5-8-16/h16-17H,2-15H2,1H3,(H,22,28)/t17-/m1/s1. The van der Waals surface area contributed by atoms with Crippen LogP contribution in [0.1, 0.15) is 64.7 Å². The van der Waals surface area contributed by atoms with Gasteiger partial charge in [-0.15, -0.1) is 0 Å². The molecule has 0 radical (unpaired) electrons. The summed E-state index contributed by atoms with van der Waals surface area (Å²) in [5.41, 5.74) is -0.724. The fourth-order valence-corrected chi connectivity index (χ4v) is 5.54. The topological polar surface area (TPSA) is 73.0 Å². The van der Waals surface area contributed by atoms with E-state index in [0.717, 1.165) is 64.7 Å². The maximum absolute atomic E-state index is 13.3. The SMILES string of the molecule is CCN1CCC2(CC1)NC(=O)N([C@@H]1CCCN(C(=O)C3CCCCC3)C1)C2=O. The minimum Gasteiger partial charge on any atom is -0.340 e. The Labute approximate surface area is 167 Å². The van der Waals surface area contributed by atoms with Crippen LogP contribution in [-0.2, 0) is 9.59 Å². The summed E-state index contributed by atoms with van der Waals surface area (Å²) in [6, 6.07) is -0.440. The first-order valence-corrected chi connectivity index (χ1v) is 11.2. The molecular formula is C21H34N4O3. The van der Waals surface area contributed by atoms with Gasteiger partial charge >= 0.3 is 6.03 Å². The average molecular weight is 391 g/mol. The number of hydrogen-bond acceptors (Lipinski definition) is 4. The molecule has 7 heteroatoms. The summed E-state index contributed by atoms with van der Waals surface area (Å²) >= 11 is 0. The molecule has 0 aromatic rings. The molecule has 0 bridgehead atoms. The third-order valence-corrected chi connectivity index (χ3v) is 7.38. The number of amides is 4. The lowest BCUT2D eigenvalue weighted by Gasteiger charge is -2.39. The summed E-state index contributed by atoms with van der Waals surface area (Å²) in [6.07, 6.45) is 8.49. The fourth-order valence-electron chi connectivity index (χ4n) is 5.54. The maximum atomic E-state index is 13.3. The van der Waals surface area contributed by atoms with Gasteiger partial charge < -0.3 is 15.1 Å². The van der Waals surface area contributed by atoms with Crippen LogP contribution in [-0.4, -0.2) is 76.8 Å². The molecule has 0 aromatic heterocycles. The lowest BCUT2D eigenvalue weighted by molar-refractivity contribution is -0.142. The Morgan fingerprint density at radius 1 is 1.04 bits per heavy atom.